The Kier molecular flexibility index (Phi) is 3.22. The number of hydrogen-bond donors (Lipinski definition) is 1. The number of rotatable bonds is 2. The second-order valence-corrected chi connectivity index (χ2v) is 4.87. The fourth-order valence-corrected chi connectivity index (χ4v) is 2.53. The van der Waals surface area contributed by atoms with Crippen LogP contribution in [0.15, 0.2) is 54.6 Å². The lowest BCUT2D eigenvalue weighted by Crippen LogP contribution is -2.27. The van der Waals surface area contributed by atoms with Crippen LogP contribution in [0.3, 0.4) is 0 Å². The first-order chi connectivity index (χ1) is 8.84. The first-order valence-corrected chi connectivity index (χ1v) is 6.53. The van der Waals surface area contributed by atoms with Gasteiger partial charge in [0.05, 0.1) is 0 Å². The van der Waals surface area contributed by atoms with Crippen molar-refractivity contribution >= 4 is 17.3 Å². The van der Waals surface area contributed by atoms with Crippen molar-refractivity contribution < 1.29 is 0 Å². The Bertz CT molecular complexity index is 510. The second kappa shape index (κ2) is 5.01. The lowest BCUT2D eigenvalue weighted by Gasteiger charge is -2.26. The van der Waals surface area contributed by atoms with E-state index >= 15 is 0 Å². The van der Waals surface area contributed by atoms with Crippen LogP contribution >= 0.6 is 11.6 Å². The molecule has 3 heteroatoms. The van der Waals surface area contributed by atoms with Gasteiger partial charge in [-0.3, -0.25) is 5.32 Å². The van der Waals surface area contributed by atoms with E-state index in [-0.39, 0.29) is 6.17 Å². The molecular weight excluding hydrogens is 244 g/mol. The fourth-order valence-electron chi connectivity index (χ4n) is 2.40. The lowest BCUT2D eigenvalue weighted by atomic mass is 10.1. The Morgan fingerprint density at radius 1 is 1.00 bits per heavy atom. The minimum absolute atomic E-state index is 0.240. The highest BCUT2D eigenvalue weighted by atomic mass is 35.5. The monoisotopic (exact) mass is 258 g/mol. The highest BCUT2D eigenvalue weighted by Gasteiger charge is 2.25. The normalized spacial score (nSPS) is 19.2. The van der Waals surface area contributed by atoms with E-state index in [2.05, 4.69) is 46.6 Å². The predicted molar refractivity (Wildman–Crippen MR) is 76.0 cm³/mol. The first kappa shape index (κ1) is 11.6. The van der Waals surface area contributed by atoms with Gasteiger partial charge in [0.1, 0.15) is 6.17 Å². The highest BCUT2D eigenvalue weighted by molar-refractivity contribution is 6.30. The zero-order valence-electron chi connectivity index (χ0n) is 10.0. The average molecular weight is 259 g/mol. The van der Waals surface area contributed by atoms with Crippen molar-refractivity contribution in [1.29, 1.82) is 0 Å². The Morgan fingerprint density at radius 3 is 2.44 bits per heavy atom. The van der Waals surface area contributed by atoms with Crippen molar-refractivity contribution in [3.63, 3.8) is 0 Å². The molecular formula is C15H15ClN2. The number of halogens is 1. The quantitative estimate of drug-likeness (QED) is 0.888. The number of hydrogen-bond acceptors (Lipinski definition) is 2. The van der Waals surface area contributed by atoms with E-state index in [1.165, 1.54) is 11.3 Å². The van der Waals surface area contributed by atoms with Gasteiger partial charge in [-0.1, -0.05) is 41.9 Å². The minimum Gasteiger partial charge on any atom is -0.351 e. The third-order valence-corrected chi connectivity index (χ3v) is 3.53. The molecule has 92 valence electrons. The summed E-state index contributed by atoms with van der Waals surface area (Å²) in [6, 6.07) is 18.6. The molecule has 0 amide bonds. The smallest absolute Gasteiger partial charge is 0.106 e. The van der Waals surface area contributed by atoms with Crippen molar-refractivity contribution in [2.75, 3.05) is 18.0 Å². The van der Waals surface area contributed by atoms with E-state index in [1.54, 1.807) is 0 Å². The van der Waals surface area contributed by atoms with Crippen molar-refractivity contribution in [2.24, 2.45) is 0 Å². The fraction of sp³-hybridized carbons (Fsp3) is 0.200. The molecule has 0 aliphatic carbocycles. The van der Waals surface area contributed by atoms with Crippen molar-refractivity contribution in [3.05, 3.63) is 65.2 Å². The third kappa shape index (κ3) is 2.22. The number of para-hydroxylation sites is 1. The van der Waals surface area contributed by atoms with E-state index in [0.717, 1.165) is 18.1 Å². The second-order valence-electron chi connectivity index (χ2n) is 4.44. The van der Waals surface area contributed by atoms with Crippen LogP contribution < -0.4 is 10.2 Å². The molecule has 1 heterocycles. The van der Waals surface area contributed by atoms with Crippen LogP contribution in [0.25, 0.3) is 0 Å². The van der Waals surface area contributed by atoms with Gasteiger partial charge in [0.15, 0.2) is 0 Å². The van der Waals surface area contributed by atoms with Gasteiger partial charge in [-0.25, -0.2) is 0 Å². The molecule has 2 aromatic rings. The third-order valence-electron chi connectivity index (χ3n) is 3.28. The highest BCUT2D eigenvalue weighted by Crippen LogP contribution is 2.28. The predicted octanol–water partition coefficient (Wildman–Crippen LogP) is 3.45. The van der Waals surface area contributed by atoms with E-state index < -0.39 is 0 Å². The van der Waals surface area contributed by atoms with Crippen LogP contribution in [-0.4, -0.2) is 13.1 Å². The van der Waals surface area contributed by atoms with E-state index in [1.807, 2.05) is 18.2 Å². The average Bonchev–Trinajstić information content (AvgIpc) is 2.90. The van der Waals surface area contributed by atoms with Gasteiger partial charge in [-0.2, -0.15) is 0 Å². The minimum atomic E-state index is 0.240. The Labute approximate surface area is 112 Å². The maximum atomic E-state index is 5.94. The zero-order valence-corrected chi connectivity index (χ0v) is 10.8. The Balaban J connectivity index is 1.90. The van der Waals surface area contributed by atoms with Gasteiger partial charge >= 0.3 is 0 Å². The summed E-state index contributed by atoms with van der Waals surface area (Å²) in [5.41, 5.74) is 2.50. The van der Waals surface area contributed by atoms with Gasteiger partial charge in [0, 0.05) is 23.8 Å². The summed E-state index contributed by atoms with van der Waals surface area (Å²) in [7, 11) is 0. The van der Waals surface area contributed by atoms with Gasteiger partial charge in [0.2, 0.25) is 0 Å². The van der Waals surface area contributed by atoms with E-state index in [0.29, 0.717) is 0 Å². The summed E-state index contributed by atoms with van der Waals surface area (Å²) in [5, 5.41) is 4.30. The SMILES string of the molecule is Clc1ccc(C2NCCN2c2ccccc2)cc1. The summed E-state index contributed by atoms with van der Waals surface area (Å²) in [4.78, 5) is 2.38. The number of benzene rings is 2. The summed E-state index contributed by atoms with van der Waals surface area (Å²) >= 11 is 5.94. The summed E-state index contributed by atoms with van der Waals surface area (Å²) in [6.07, 6.45) is 0.240. The molecule has 1 atom stereocenters. The van der Waals surface area contributed by atoms with Gasteiger partial charge in [-0.05, 0) is 29.8 Å². The van der Waals surface area contributed by atoms with Crippen LogP contribution in [-0.2, 0) is 0 Å². The van der Waals surface area contributed by atoms with Crippen LogP contribution in [0.2, 0.25) is 5.02 Å². The molecule has 1 saturated heterocycles. The molecule has 1 fully saturated rings. The Morgan fingerprint density at radius 2 is 1.72 bits per heavy atom. The van der Waals surface area contributed by atoms with Gasteiger partial charge in [-0.15, -0.1) is 0 Å². The molecule has 3 rings (SSSR count). The first-order valence-electron chi connectivity index (χ1n) is 6.15. The number of nitrogens with zero attached hydrogens (tertiary/aromatic N) is 1. The molecule has 1 unspecified atom stereocenters. The molecule has 1 aliphatic rings. The largest absolute Gasteiger partial charge is 0.351 e. The van der Waals surface area contributed by atoms with Crippen LogP contribution in [0, 0.1) is 0 Å². The summed E-state index contributed by atoms with van der Waals surface area (Å²) < 4.78 is 0. The molecule has 2 aromatic carbocycles. The van der Waals surface area contributed by atoms with Crippen LogP contribution in [0.5, 0.6) is 0 Å². The molecule has 2 nitrogen and oxygen atoms in total. The van der Waals surface area contributed by atoms with Crippen LogP contribution in [0.1, 0.15) is 11.7 Å². The topological polar surface area (TPSA) is 15.3 Å². The molecule has 1 N–H and O–H groups in total. The number of anilines is 1. The van der Waals surface area contributed by atoms with Crippen LogP contribution in [0.4, 0.5) is 5.69 Å². The van der Waals surface area contributed by atoms with Crippen molar-refractivity contribution in [3.8, 4) is 0 Å². The van der Waals surface area contributed by atoms with Gasteiger partial charge in [0.25, 0.3) is 0 Å². The molecule has 0 spiro atoms. The lowest BCUT2D eigenvalue weighted by molar-refractivity contribution is 0.645. The van der Waals surface area contributed by atoms with Crippen molar-refractivity contribution in [1.82, 2.24) is 5.32 Å². The van der Waals surface area contributed by atoms with E-state index in [4.69, 9.17) is 11.6 Å². The Hall–Kier alpha value is -1.51. The molecule has 1 aliphatic heterocycles. The summed E-state index contributed by atoms with van der Waals surface area (Å²) in [5.74, 6) is 0. The van der Waals surface area contributed by atoms with Gasteiger partial charge < -0.3 is 4.90 Å². The molecule has 0 aromatic heterocycles. The summed E-state index contributed by atoms with van der Waals surface area (Å²) in [6.45, 7) is 2.03. The van der Waals surface area contributed by atoms with Crippen molar-refractivity contribution in [2.45, 2.75) is 6.17 Å². The molecule has 0 saturated carbocycles. The molecule has 0 radical (unpaired) electrons. The maximum absolute atomic E-state index is 5.94. The maximum Gasteiger partial charge on any atom is 0.106 e. The number of nitrogens with one attached hydrogen (secondary N) is 1. The molecule has 0 bridgehead atoms. The molecule has 18 heavy (non-hydrogen) atoms. The van der Waals surface area contributed by atoms with E-state index in [9.17, 15) is 0 Å². The zero-order chi connectivity index (χ0) is 12.4. The standard InChI is InChI=1S/C15H15ClN2/c16-13-8-6-12(7-9-13)15-17-10-11-18(15)14-4-2-1-3-5-14/h1-9,15,17H,10-11H2.